The number of nitriles is 1. The smallest absolute Gasteiger partial charge is 0.120 e. The van der Waals surface area contributed by atoms with Crippen molar-refractivity contribution in [3.8, 4) is 6.07 Å². The van der Waals surface area contributed by atoms with Crippen molar-refractivity contribution in [2.45, 2.75) is 20.4 Å². The quantitative estimate of drug-likeness (QED) is 0.933. The number of nitrogens with zero attached hydrogens (tertiary/aromatic N) is 2. The fourth-order valence-electron chi connectivity index (χ4n) is 2.22. The van der Waals surface area contributed by atoms with Crippen LogP contribution in [-0.4, -0.2) is 4.57 Å². The molecular formula is C15H16BrN3. The molecule has 1 heterocycles. The fourth-order valence-corrected chi connectivity index (χ4v) is 2.91. The zero-order valence-corrected chi connectivity index (χ0v) is 12.9. The Morgan fingerprint density at radius 1 is 1.26 bits per heavy atom. The minimum atomic E-state index is 0.682. The standard InChI is InChI=1S/C15H16BrN3/c1-10-4-13(16)5-11(2)15(10)18-8-12-6-14(7-17)19(3)9-12/h4-6,9,18H,8H2,1-3H3. The molecule has 19 heavy (non-hydrogen) atoms. The average molecular weight is 318 g/mol. The average Bonchev–Trinajstić information content (AvgIpc) is 2.68. The van der Waals surface area contributed by atoms with E-state index in [1.54, 1.807) is 0 Å². The molecule has 0 radical (unpaired) electrons. The first-order valence-corrected chi connectivity index (χ1v) is 6.86. The van der Waals surface area contributed by atoms with Gasteiger partial charge in [-0.3, -0.25) is 0 Å². The van der Waals surface area contributed by atoms with Gasteiger partial charge in [0.05, 0.1) is 0 Å². The highest BCUT2D eigenvalue weighted by molar-refractivity contribution is 9.10. The van der Waals surface area contributed by atoms with Crippen molar-refractivity contribution in [2.24, 2.45) is 7.05 Å². The molecule has 2 aromatic rings. The van der Waals surface area contributed by atoms with Gasteiger partial charge in [0, 0.05) is 29.9 Å². The number of hydrogen-bond acceptors (Lipinski definition) is 2. The predicted octanol–water partition coefficient (Wildman–Crippen LogP) is 3.89. The number of halogens is 1. The number of nitrogens with one attached hydrogen (secondary N) is 1. The van der Waals surface area contributed by atoms with E-state index in [0.29, 0.717) is 5.69 Å². The number of aromatic nitrogens is 1. The van der Waals surface area contributed by atoms with E-state index in [1.165, 1.54) is 11.1 Å². The first-order chi connectivity index (χ1) is 9.01. The van der Waals surface area contributed by atoms with Gasteiger partial charge in [0.2, 0.25) is 0 Å². The van der Waals surface area contributed by atoms with Gasteiger partial charge in [-0.1, -0.05) is 15.9 Å². The third-order valence-corrected chi connectivity index (χ3v) is 3.60. The number of benzene rings is 1. The summed E-state index contributed by atoms with van der Waals surface area (Å²) in [6, 6.07) is 8.28. The van der Waals surface area contributed by atoms with Gasteiger partial charge in [-0.2, -0.15) is 5.26 Å². The number of aryl methyl sites for hydroxylation is 3. The lowest BCUT2D eigenvalue weighted by atomic mass is 10.1. The van der Waals surface area contributed by atoms with Crippen LogP contribution in [0.4, 0.5) is 5.69 Å². The van der Waals surface area contributed by atoms with Crippen molar-refractivity contribution in [3.05, 3.63) is 51.3 Å². The normalized spacial score (nSPS) is 10.3. The zero-order valence-electron chi connectivity index (χ0n) is 11.3. The first kappa shape index (κ1) is 13.7. The van der Waals surface area contributed by atoms with Crippen LogP contribution >= 0.6 is 15.9 Å². The molecule has 3 nitrogen and oxygen atoms in total. The van der Waals surface area contributed by atoms with Gasteiger partial charge in [0.15, 0.2) is 0 Å². The minimum absolute atomic E-state index is 0.682. The monoisotopic (exact) mass is 317 g/mol. The van der Waals surface area contributed by atoms with Crippen LogP contribution in [0.5, 0.6) is 0 Å². The van der Waals surface area contributed by atoms with Crippen molar-refractivity contribution in [1.29, 1.82) is 5.26 Å². The van der Waals surface area contributed by atoms with Gasteiger partial charge < -0.3 is 9.88 Å². The molecule has 0 unspecified atom stereocenters. The summed E-state index contributed by atoms with van der Waals surface area (Å²) in [4.78, 5) is 0. The molecule has 2 rings (SSSR count). The van der Waals surface area contributed by atoms with Crippen LogP contribution in [0.3, 0.4) is 0 Å². The molecule has 0 spiro atoms. The summed E-state index contributed by atoms with van der Waals surface area (Å²) in [6.45, 7) is 4.90. The summed E-state index contributed by atoms with van der Waals surface area (Å²) in [5.41, 5.74) is 5.37. The molecule has 0 bridgehead atoms. The fraction of sp³-hybridized carbons (Fsp3) is 0.267. The van der Waals surface area contributed by atoms with Crippen molar-refractivity contribution in [1.82, 2.24) is 4.57 Å². The van der Waals surface area contributed by atoms with Crippen LogP contribution in [0.25, 0.3) is 0 Å². The lowest BCUT2D eigenvalue weighted by Gasteiger charge is -2.12. The molecule has 0 saturated heterocycles. The Balaban J connectivity index is 2.17. The Bertz CT molecular complexity index is 627. The van der Waals surface area contributed by atoms with E-state index in [0.717, 1.165) is 22.3 Å². The molecular weight excluding hydrogens is 302 g/mol. The Kier molecular flexibility index (Phi) is 3.96. The highest BCUT2D eigenvalue weighted by Gasteiger charge is 2.06. The van der Waals surface area contributed by atoms with Gasteiger partial charge in [0.1, 0.15) is 11.8 Å². The summed E-state index contributed by atoms with van der Waals surface area (Å²) in [7, 11) is 1.89. The molecule has 0 atom stereocenters. The largest absolute Gasteiger partial charge is 0.380 e. The van der Waals surface area contributed by atoms with Gasteiger partial charge in [0.25, 0.3) is 0 Å². The first-order valence-electron chi connectivity index (χ1n) is 6.07. The van der Waals surface area contributed by atoms with E-state index < -0.39 is 0 Å². The Morgan fingerprint density at radius 2 is 1.89 bits per heavy atom. The number of hydrogen-bond donors (Lipinski definition) is 1. The van der Waals surface area contributed by atoms with Gasteiger partial charge in [-0.05, 0) is 48.7 Å². The molecule has 4 heteroatoms. The maximum Gasteiger partial charge on any atom is 0.120 e. The van der Waals surface area contributed by atoms with Crippen molar-refractivity contribution >= 4 is 21.6 Å². The third-order valence-electron chi connectivity index (χ3n) is 3.14. The Labute approximate surface area is 122 Å². The summed E-state index contributed by atoms with van der Waals surface area (Å²) >= 11 is 3.50. The van der Waals surface area contributed by atoms with E-state index in [1.807, 2.05) is 23.9 Å². The molecule has 98 valence electrons. The molecule has 0 aliphatic carbocycles. The molecule has 1 aromatic heterocycles. The van der Waals surface area contributed by atoms with Crippen LogP contribution in [0.1, 0.15) is 22.4 Å². The molecule has 1 aromatic carbocycles. The maximum atomic E-state index is 8.94. The van der Waals surface area contributed by atoms with E-state index in [9.17, 15) is 0 Å². The second-order valence-corrected chi connectivity index (χ2v) is 5.64. The lowest BCUT2D eigenvalue weighted by molar-refractivity contribution is 0.902. The zero-order chi connectivity index (χ0) is 14.0. The minimum Gasteiger partial charge on any atom is -0.380 e. The van der Waals surface area contributed by atoms with Crippen LogP contribution in [0.15, 0.2) is 28.9 Å². The van der Waals surface area contributed by atoms with E-state index >= 15 is 0 Å². The van der Waals surface area contributed by atoms with E-state index in [2.05, 4.69) is 53.3 Å². The molecule has 0 aliphatic heterocycles. The van der Waals surface area contributed by atoms with Crippen molar-refractivity contribution in [2.75, 3.05) is 5.32 Å². The number of rotatable bonds is 3. The second-order valence-electron chi connectivity index (χ2n) is 4.72. The Hall–Kier alpha value is -1.73. The summed E-state index contributed by atoms with van der Waals surface area (Å²) < 4.78 is 2.94. The van der Waals surface area contributed by atoms with Crippen molar-refractivity contribution in [3.63, 3.8) is 0 Å². The summed E-state index contributed by atoms with van der Waals surface area (Å²) in [5.74, 6) is 0. The predicted molar refractivity (Wildman–Crippen MR) is 81.1 cm³/mol. The molecule has 0 amide bonds. The van der Waals surface area contributed by atoms with Crippen molar-refractivity contribution < 1.29 is 0 Å². The topological polar surface area (TPSA) is 40.8 Å². The highest BCUT2D eigenvalue weighted by Crippen LogP contribution is 2.25. The SMILES string of the molecule is Cc1cc(Br)cc(C)c1NCc1cc(C#N)n(C)c1. The van der Waals surface area contributed by atoms with E-state index in [4.69, 9.17) is 5.26 Å². The molecule has 0 fully saturated rings. The van der Waals surface area contributed by atoms with Gasteiger partial charge in [-0.25, -0.2) is 0 Å². The third kappa shape index (κ3) is 2.99. The van der Waals surface area contributed by atoms with Crippen LogP contribution in [0, 0.1) is 25.2 Å². The van der Waals surface area contributed by atoms with E-state index in [-0.39, 0.29) is 0 Å². The maximum absolute atomic E-state index is 8.94. The summed E-state index contributed by atoms with van der Waals surface area (Å²) in [5, 5.41) is 12.4. The highest BCUT2D eigenvalue weighted by atomic mass is 79.9. The van der Waals surface area contributed by atoms with Crippen LogP contribution < -0.4 is 5.32 Å². The van der Waals surface area contributed by atoms with Gasteiger partial charge >= 0.3 is 0 Å². The Morgan fingerprint density at radius 3 is 2.42 bits per heavy atom. The lowest BCUT2D eigenvalue weighted by Crippen LogP contribution is -2.02. The van der Waals surface area contributed by atoms with Crippen LogP contribution in [-0.2, 0) is 13.6 Å². The molecule has 0 saturated carbocycles. The second kappa shape index (κ2) is 5.50. The van der Waals surface area contributed by atoms with Crippen LogP contribution in [0.2, 0.25) is 0 Å². The molecule has 0 aliphatic rings. The number of anilines is 1. The molecule has 1 N–H and O–H groups in total. The van der Waals surface area contributed by atoms with Gasteiger partial charge in [-0.15, -0.1) is 0 Å². The summed E-state index contributed by atoms with van der Waals surface area (Å²) in [6.07, 6.45) is 1.98.